The molecule has 1 aromatic rings. The monoisotopic (exact) mass is 298 g/mol. The van der Waals surface area contributed by atoms with Crippen LogP contribution in [0.5, 0.6) is 0 Å². The van der Waals surface area contributed by atoms with Crippen LogP contribution in [0.3, 0.4) is 0 Å². The van der Waals surface area contributed by atoms with Crippen molar-refractivity contribution in [1.82, 2.24) is 5.32 Å². The highest BCUT2D eigenvalue weighted by atomic mass is 19.2. The standard InChI is InChI=1S/C16H21F3N2/c1-11-9-20-16(5-3-2-4-6-16)10-21(11)15-8-13(18)12(17)7-14(15)19/h7-8,11,20H,2-6,9-10H2,1H3. The molecule has 21 heavy (non-hydrogen) atoms. The molecule has 1 saturated carbocycles. The van der Waals surface area contributed by atoms with Crippen LogP contribution in [0.2, 0.25) is 0 Å². The molecule has 1 heterocycles. The Bertz CT molecular complexity index is 526. The zero-order valence-electron chi connectivity index (χ0n) is 12.3. The topological polar surface area (TPSA) is 15.3 Å². The van der Waals surface area contributed by atoms with E-state index in [4.69, 9.17) is 0 Å². The first-order valence-electron chi connectivity index (χ1n) is 7.67. The number of hydrogen-bond acceptors (Lipinski definition) is 2. The van der Waals surface area contributed by atoms with Gasteiger partial charge in [0.25, 0.3) is 0 Å². The van der Waals surface area contributed by atoms with Gasteiger partial charge in [-0.3, -0.25) is 0 Å². The van der Waals surface area contributed by atoms with Gasteiger partial charge in [-0.1, -0.05) is 19.3 Å². The average Bonchev–Trinajstić information content (AvgIpc) is 2.47. The molecule has 1 saturated heterocycles. The first-order chi connectivity index (χ1) is 10.0. The Morgan fingerprint density at radius 1 is 1.05 bits per heavy atom. The van der Waals surface area contributed by atoms with Crippen molar-refractivity contribution in [1.29, 1.82) is 0 Å². The van der Waals surface area contributed by atoms with Gasteiger partial charge < -0.3 is 10.2 Å². The summed E-state index contributed by atoms with van der Waals surface area (Å²) in [5, 5.41) is 3.60. The second-order valence-electron chi connectivity index (χ2n) is 6.42. The summed E-state index contributed by atoms with van der Waals surface area (Å²) in [7, 11) is 0. The number of nitrogens with zero attached hydrogens (tertiary/aromatic N) is 1. The maximum absolute atomic E-state index is 14.1. The van der Waals surface area contributed by atoms with Gasteiger partial charge in [-0.15, -0.1) is 0 Å². The molecule has 0 aromatic heterocycles. The van der Waals surface area contributed by atoms with Crippen molar-refractivity contribution in [2.45, 2.75) is 50.6 Å². The van der Waals surface area contributed by atoms with Gasteiger partial charge in [-0.05, 0) is 19.8 Å². The van der Waals surface area contributed by atoms with E-state index in [0.717, 1.165) is 38.3 Å². The van der Waals surface area contributed by atoms with E-state index < -0.39 is 17.5 Å². The number of halogens is 3. The number of benzene rings is 1. The summed E-state index contributed by atoms with van der Waals surface area (Å²) in [5.74, 6) is -2.81. The highest BCUT2D eigenvalue weighted by Gasteiger charge is 2.39. The first-order valence-corrected chi connectivity index (χ1v) is 7.67. The van der Waals surface area contributed by atoms with E-state index in [1.165, 1.54) is 6.42 Å². The highest BCUT2D eigenvalue weighted by Crippen LogP contribution is 2.35. The van der Waals surface area contributed by atoms with Crippen molar-refractivity contribution in [3.63, 3.8) is 0 Å². The van der Waals surface area contributed by atoms with Crippen molar-refractivity contribution in [2.75, 3.05) is 18.0 Å². The van der Waals surface area contributed by atoms with Crippen molar-refractivity contribution in [2.24, 2.45) is 0 Å². The molecule has 1 spiro atoms. The fourth-order valence-corrected chi connectivity index (χ4v) is 3.63. The summed E-state index contributed by atoms with van der Waals surface area (Å²) >= 11 is 0. The Labute approximate surface area is 123 Å². The molecular weight excluding hydrogens is 277 g/mol. The number of nitrogens with one attached hydrogen (secondary N) is 1. The van der Waals surface area contributed by atoms with Crippen LogP contribution in [0.4, 0.5) is 18.9 Å². The second kappa shape index (κ2) is 5.52. The summed E-state index contributed by atoms with van der Waals surface area (Å²) in [6.07, 6.45) is 5.67. The summed E-state index contributed by atoms with van der Waals surface area (Å²) in [5.41, 5.74) is 0.162. The van der Waals surface area contributed by atoms with Gasteiger partial charge in [0.1, 0.15) is 5.82 Å². The predicted molar refractivity (Wildman–Crippen MR) is 76.9 cm³/mol. The molecule has 116 valence electrons. The van der Waals surface area contributed by atoms with Gasteiger partial charge in [0, 0.05) is 36.8 Å². The molecule has 5 heteroatoms. The molecule has 2 fully saturated rings. The van der Waals surface area contributed by atoms with Crippen LogP contribution in [0.15, 0.2) is 12.1 Å². The Hall–Kier alpha value is -1.23. The van der Waals surface area contributed by atoms with Crippen LogP contribution in [-0.4, -0.2) is 24.7 Å². The minimum atomic E-state index is -1.13. The fourth-order valence-electron chi connectivity index (χ4n) is 3.63. The predicted octanol–water partition coefficient (Wildman–Crippen LogP) is 3.60. The Balaban J connectivity index is 1.90. The SMILES string of the molecule is CC1CNC2(CCCCC2)CN1c1cc(F)c(F)cc1F. The smallest absolute Gasteiger partial charge is 0.161 e. The van der Waals surface area contributed by atoms with Crippen LogP contribution >= 0.6 is 0 Å². The van der Waals surface area contributed by atoms with E-state index in [1.54, 1.807) is 0 Å². The largest absolute Gasteiger partial charge is 0.363 e. The molecule has 2 aliphatic rings. The van der Waals surface area contributed by atoms with E-state index in [1.807, 2.05) is 11.8 Å². The van der Waals surface area contributed by atoms with E-state index in [-0.39, 0.29) is 17.3 Å². The molecule has 1 aliphatic carbocycles. The van der Waals surface area contributed by atoms with E-state index >= 15 is 0 Å². The zero-order chi connectivity index (χ0) is 15.0. The average molecular weight is 298 g/mol. The van der Waals surface area contributed by atoms with Crippen LogP contribution in [0.1, 0.15) is 39.0 Å². The first kappa shape index (κ1) is 14.7. The second-order valence-corrected chi connectivity index (χ2v) is 6.42. The minimum Gasteiger partial charge on any atom is -0.363 e. The molecular formula is C16H21F3N2. The van der Waals surface area contributed by atoms with Crippen molar-refractivity contribution in [3.05, 3.63) is 29.6 Å². The lowest BCUT2D eigenvalue weighted by molar-refractivity contribution is 0.200. The van der Waals surface area contributed by atoms with E-state index in [0.29, 0.717) is 12.6 Å². The van der Waals surface area contributed by atoms with Crippen molar-refractivity contribution in [3.8, 4) is 0 Å². The molecule has 0 bridgehead atoms. The molecule has 1 aliphatic heterocycles. The maximum Gasteiger partial charge on any atom is 0.161 e. The third kappa shape index (κ3) is 2.76. The lowest BCUT2D eigenvalue weighted by Gasteiger charge is -2.50. The number of rotatable bonds is 1. The van der Waals surface area contributed by atoms with Gasteiger partial charge in [0.05, 0.1) is 5.69 Å². The number of anilines is 1. The lowest BCUT2D eigenvalue weighted by atomic mass is 9.79. The summed E-state index contributed by atoms with van der Waals surface area (Å²) in [6.45, 7) is 3.36. The van der Waals surface area contributed by atoms with Crippen molar-refractivity contribution >= 4 is 5.69 Å². The van der Waals surface area contributed by atoms with E-state index in [9.17, 15) is 13.2 Å². The van der Waals surface area contributed by atoms with Crippen LogP contribution in [0, 0.1) is 17.5 Å². The maximum atomic E-state index is 14.1. The van der Waals surface area contributed by atoms with Gasteiger partial charge in [-0.25, -0.2) is 13.2 Å². The number of hydrogen-bond donors (Lipinski definition) is 1. The van der Waals surface area contributed by atoms with Crippen molar-refractivity contribution < 1.29 is 13.2 Å². The number of piperazine rings is 1. The van der Waals surface area contributed by atoms with Crippen LogP contribution in [0.25, 0.3) is 0 Å². The molecule has 0 amide bonds. The van der Waals surface area contributed by atoms with Gasteiger partial charge in [0.2, 0.25) is 0 Å². The zero-order valence-corrected chi connectivity index (χ0v) is 12.3. The van der Waals surface area contributed by atoms with Crippen LogP contribution in [-0.2, 0) is 0 Å². The third-order valence-corrected chi connectivity index (χ3v) is 4.89. The molecule has 1 N–H and O–H groups in total. The molecule has 1 aromatic carbocycles. The Kier molecular flexibility index (Phi) is 3.86. The Morgan fingerprint density at radius 3 is 2.43 bits per heavy atom. The lowest BCUT2D eigenvalue weighted by Crippen LogP contribution is -2.64. The molecule has 1 unspecified atom stereocenters. The van der Waals surface area contributed by atoms with Crippen LogP contribution < -0.4 is 10.2 Å². The third-order valence-electron chi connectivity index (χ3n) is 4.89. The molecule has 0 radical (unpaired) electrons. The van der Waals surface area contributed by atoms with Gasteiger partial charge in [0.15, 0.2) is 11.6 Å². The normalized spacial score (nSPS) is 25.3. The van der Waals surface area contributed by atoms with E-state index in [2.05, 4.69) is 5.32 Å². The molecule has 2 nitrogen and oxygen atoms in total. The summed E-state index contributed by atoms with van der Waals surface area (Å²) in [6, 6.07) is 1.69. The summed E-state index contributed by atoms with van der Waals surface area (Å²) in [4.78, 5) is 1.89. The van der Waals surface area contributed by atoms with Gasteiger partial charge in [-0.2, -0.15) is 0 Å². The molecule has 1 atom stereocenters. The molecule has 3 rings (SSSR count). The minimum absolute atomic E-state index is 0.0118. The fraction of sp³-hybridized carbons (Fsp3) is 0.625. The summed E-state index contributed by atoms with van der Waals surface area (Å²) < 4.78 is 40.7. The quantitative estimate of drug-likeness (QED) is 0.797. The highest BCUT2D eigenvalue weighted by molar-refractivity contribution is 5.50. The van der Waals surface area contributed by atoms with Gasteiger partial charge >= 0.3 is 0 Å². The Morgan fingerprint density at radius 2 is 1.71 bits per heavy atom.